The van der Waals surface area contributed by atoms with Crippen molar-refractivity contribution >= 4 is 5.91 Å². The van der Waals surface area contributed by atoms with Gasteiger partial charge in [-0.15, -0.1) is 0 Å². The predicted molar refractivity (Wildman–Crippen MR) is 94.2 cm³/mol. The summed E-state index contributed by atoms with van der Waals surface area (Å²) in [6.07, 6.45) is 11.8. The van der Waals surface area contributed by atoms with Crippen molar-refractivity contribution in [3.05, 3.63) is 24.3 Å². The lowest BCUT2D eigenvalue weighted by atomic mass is 9.59. The molecule has 1 amide bonds. The first-order chi connectivity index (χ1) is 12.3. The van der Waals surface area contributed by atoms with Gasteiger partial charge in [0.25, 0.3) is 5.91 Å². The third-order valence-corrected chi connectivity index (χ3v) is 6.48. The summed E-state index contributed by atoms with van der Waals surface area (Å²) in [5, 5.41) is 3.21. The normalized spacial score (nSPS) is 27.0. The molecule has 1 aromatic rings. The second-order valence-electron chi connectivity index (χ2n) is 7.87. The lowest BCUT2D eigenvalue weighted by molar-refractivity contribution is -0.0158. The van der Waals surface area contributed by atoms with Gasteiger partial charge in [-0.3, -0.25) is 9.78 Å². The van der Waals surface area contributed by atoms with Crippen LogP contribution in [0.15, 0.2) is 18.6 Å². The van der Waals surface area contributed by atoms with Gasteiger partial charge in [-0.2, -0.15) is 0 Å². The summed E-state index contributed by atoms with van der Waals surface area (Å²) in [5.41, 5.74) is 0.728. The summed E-state index contributed by atoms with van der Waals surface area (Å²) in [6.45, 7) is 5.40. The van der Waals surface area contributed by atoms with Crippen LogP contribution in [0.4, 0.5) is 0 Å². The molecule has 1 aliphatic carbocycles. The number of ether oxygens (including phenoxy) is 1. The molecular formula is C19H28N4O2. The van der Waals surface area contributed by atoms with Gasteiger partial charge < -0.3 is 15.0 Å². The van der Waals surface area contributed by atoms with Crippen molar-refractivity contribution < 1.29 is 9.53 Å². The van der Waals surface area contributed by atoms with Crippen molar-refractivity contribution in [2.45, 2.75) is 44.6 Å². The fraction of sp³-hybridized carbons (Fsp3) is 0.737. The molecule has 1 N–H and O–H groups in total. The third-order valence-electron chi connectivity index (χ3n) is 6.48. The average molecular weight is 344 g/mol. The molecule has 25 heavy (non-hydrogen) atoms. The number of carbonyl (C=O) groups excluding carboxylic acids is 1. The first kappa shape index (κ1) is 16.9. The Hall–Kier alpha value is -1.53. The summed E-state index contributed by atoms with van der Waals surface area (Å²) in [5.74, 6) is 0.721. The molecule has 0 aromatic carbocycles. The van der Waals surface area contributed by atoms with Crippen LogP contribution in [0.5, 0.6) is 0 Å². The Morgan fingerprint density at radius 2 is 2.00 bits per heavy atom. The van der Waals surface area contributed by atoms with E-state index in [1.807, 2.05) is 0 Å². The summed E-state index contributed by atoms with van der Waals surface area (Å²) < 4.78 is 5.47. The standard InChI is InChI=1S/C19H28N4O2/c24-18(16-13-20-7-8-21-16)22-17-1-4-19(17)5-9-23(10-6-19)14-15-2-11-25-12-3-15/h7-8,13,15,17H,1-6,9-12,14H2,(H,22,24)/t17-/m0/s1. The molecule has 3 heterocycles. The van der Waals surface area contributed by atoms with Gasteiger partial charge in [0.2, 0.25) is 0 Å². The van der Waals surface area contributed by atoms with Crippen LogP contribution in [0, 0.1) is 11.3 Å². The second-order valence-corrected chi connectivity index (χ2v) is 7.87. The fourth-order valence-corrected chi connectivity index (χ4v) is 4.64. The second kappa shape index (κ2) is 7.38. The zero-order valence-electron chi connectivity index (χ0n) is 14.8. The molecule has 1 saturated carbocycles. The molecule has 4 rings (SSSR count). The minimum absolute atomic E-state index is 0.0817. The SMILES string of the molecule is O=C(N[C@H]1CCC12CCN(CC1CCOCC1)CC2)c1cnccn1. The van der Waals surface area contributed by atoms with Crippen LogP contribution in [0.25, 0.3) is 0 Å². The first-order valence-electron chi connectivity index (χ1n) is 9.62. The minimum atomic E-state index is -0.0817. The number of hydrogen-bond donors (Lipinski definition) is 1. The highest BCUT2D eigenvalue weighted by molar-refractivity contribution is 5.92. The van der Waals surface area contributed by atoms with Crippen molar-refractivity contribution in [1.29, 1.82) is 0 Å². The van der Waals surface area contributed by atoms with Gasteiger partial charge >= 0.3 is 0 Å². The molecular weight excluding hydrogens is 316 g/mol. The van der Waals surface area contributed by atoms with Crippen LogP contribution < -0.4 is 5.32 Å². The number of hydrogen-bond acceptors (Lipinski definition) is 5. The van der Waals surface area contributed by atoms with Crippen LogP contribution in [0.3, 0.4) is 0 Å². The van der Waals surface area contributed by atoms with Gasteiger partial charge in [0.1, 0.15) is 5.69 Å². The highest BCUT2D eigenvalue weighted by Gasteiger charge is 2.48. The molecule has 6 heteroatoms. The molecule has 0 bridgehead atoms. The maximum atomic E-state index is 12.4. The molecule has 1 spiro atoms. The first-order valence-corrected chi connectivity index (χ1v) is 9.62. The topological polar surface area (TPSA) is 67.4 Å². The van der Waals surface area contributed by atoms with E-state index in [2.05, 4.69) is 20.2 Å². The Balaban J connectivity index is 1.28. The molecule has 3 aliphatic rings. The van der Waals surface area contributed by atoms with Crippen LogP contribution >= 0.6 is 0 Å². The molecule has 0 radical (unpaired) electrons. The monoisotopic (exact) mass is 344 g/mol. The largest absolute Gasteiger partial charge is 0.381 e. The molecule has 1 atom stereocenters. The van der Waals surface area contributed by atoms with E-state index in [0.29, 0.717) is 17.2 Å². The van der Waals surface area contributed by atoms with Crippen LogP contribution in [0.2, 0.25) is 0 Å². The quantitative estimate of drug-likeness (QED) is 0.903. The number of nitrogens with zero attached hydrogens (tertiary/aromatic N) is 3. The molecule has 2 saturated heterocycles. The summed E-state index contributed by atoms with van der Waals surface area (Å²) in [4.78, 5) is 23.1. The van der Waals surface area contributed by atoms with Crippen LogP contribution in [-0.4, -0.2) is 59.7 Å². The molecule has 6 nitrogen and oxygen atoms in total. The van der Waals surface area contributed by atoms with Gasteiger partial charge in [-0.1, -0.05) is 0 Å². The van der Waals surface area contributed by atoms with E-state index in [9.17, 15) is 4.79 Å². The van der Waals surface area contributed by atoms with E-state index in [-0.39, 0.29) is 5.91 Å². The summed E-state index contributed by atoms with van der Waals surface area (Å²) in [6, 6.07) is 0.298. The lowest BCUT2D eigenvalue weighted by Crippen LogP contribution is -2.59. The maximum Gasteiger partial charge on any atom is 0.271 e. The smallest absolute Gasteiger partial charge is 0.271 e. The number of rotatable bonds is 4. The third kappa shape index (κ3) is 3.70. The molecule has 0 unspecified atom stereocenters. The van der Waals surface area contributed by atoms with Gasteiger partial charge in [0.05, 0.1) is 6.20 Å². The fourth-order valence-electron chi connectivity index (χ4n) is 4.64. The van der Waals surface area contributed by atoms with Crippen LogP contribution in [-0.2, 0) is 4.74 Å². The number of carbonyl (C=O) groups is 1. The number of aromatic nitrogens is 2. The Bertz CT molecular complexity index is 580. The minimum Gasteiger partial charge on any atom is -0.381 e. The van der Waals surface area contributed by atoms with Gasteiger partial charge in [0.15, 0.2) is 0 Å². The Morgan fingerprint density at radius 1 is 1.20 bits per heavy atom. The Labute approximate surface area is 149 Å². The number of nitrogens with one attached hydrogen (secondary N) is 1. The predicted octanol–water partition coefficient (Wildman–Crippen LogP) is 1.88. The summed E-state index contributed by atoms with van der Waals surface area (Å²) >= 11 is 0. The summed E-state index contributed by atoms with van der Waals surface area (Å²) in [7, 11) is 0. The Morgan fingerprint density at radius 3 is 2.64 bits per heavy atom. The van der Waals surface area contributed by atoms with Crippen molar-refractivity contribution in [3.8, 4) is 0 Å². The maximum absolute atomic E-state index is 12.4. The number of piperidine rings is 1. The molecule has 1 aromatic heterocycles. The highest BCUT2D eigenvalue weighted by Crippen LogP contribution is 2.49. The molecule has 2 aliphatic heterocycles. The van der Waals surface area contributed by atoms with Crippen LogP contribution in [0.1, 0.15) is 49.0 Å². The van der Waals surface area contributed by atoms with E-state index in [0.717, 1.165) is 38.6 Å². The highest BCUT2D eigenvalue weighted by atomic mass is 16.5. The van der Waals surface area contributed by atoms with E-state index in [4.69, 9.17) is 4.74 Å². The van der Waals surface area contributed by atoms with Gasteiger partial charge in [-0.25, -0.2) is 4.98 Å². The van der Waals surface area contributed by atoms with E-state index in [1.165, 1.54) is 44.8 Å². The zero-order chi connectivity index (χ0) is 17.1. The van der Waals surface area contributed by atoms with Crippen molar-refractivity contribution in [2.24, 2.45) is 11.3 Å². The van der Waals surface area contributed by atoms with E-state index < -0.39 is 0 Å². The average Bonchev–Trinajstić information content (AvgIpc) is 2.67. The van der Waals surface area contributed by atoms with Crippen molar-refractivity contribution in [3.63, 3.8) is 0 Å². The number of likely N-dealkylation sites (tertiary alicyclic amines) is 1. The Kier molecular flexibility index (Phi) is 4.99. The zero-order valence-corrected chi connectivity index (χ0v) is 14.8. The number of amides is 1. The van der Waals surface area contributed by atoms with E-state index in [1.54, 1.807) is 12.4 Å². The van der Waals surface area contributed by atoms with E-state index >= 15 is 0 Å². The molecule has 3 fully saturated rings. The van der Waals surface area contributed by atoms with Gasteiger partial charge in [-0.05, 0) is 62.9 Å². The molecule has 136 valence electrons. The van der Waals surface area contributed by atoms with Crippen molar-refractivity contribution in [2.75, 3.05) is 32.8 Å². The van der Waals surface area contributed by atoms with Crippen molar-refractivity contribution in [1.82, 2.24) is 20.2 Å². The lowest BCUT2D eigenvalue weighted by Gasteiger charge is -2.54. The van der Waals surface area contributed by atoms with Gasteiger partial charge in [0, 0.05) is 38.2 Å².